The summed E-state index contributed by atoms with van der Waals surface area (Å²) in [5.74, 6) is 0.714. The molecule has 0 unspecified atom stereocenters. The molecule has 1 heterocycles. The first-order chi connectivity index (χ1) is 13.9. The molecule has 162 valence electrons. The zero-order chi connectivity index (χ0) is 20.9. The highest BCUT2D eigenvalue weighted by atomic mass is 32.2. The summed E-state index contributed by atoms with van der Waals surface area (Å²) in [6.07, 6.45) is 6.07. The van der Waals surface area contributed by atoms with Gasteiger partial charge in [0.15, 0.2) is 0 Å². The van der Waals surface area contributed by atoms with Gasteiger partial charge in [-0.25, -0.2) is 13.1 Å². The van der Waals surface area contributed by atoms with Crippen LogP contribution in [0.5, 0.6) is 0 Å². The maximum Gasteiger partial charge on any atom is 0.254 e. The third kappa shape index (κ3) is 6.03. The van der Waals surface area contributed by atoms with Crippen LogP contribution >= 0.6 is 0 Å². The molecular weight excluding hydrogens is 388 g/mol. The molecule has 1 saturated carbocycles. The average molecular weight is 423 g/mol. The molecule has 0 radical (unpaired) electrons. The Hall–Kier alpha value is -1.44. The molecule has 7 heteroatoms. The number of sulfonamides is 1. The largest absolute Gasteiger partial charge is 0.376 e. The summed E-state index contributed by atoms with van der Waals surface area (Å²) in [7, 11) is -3.36. The minimum atomic E-state index is -3.36. The lowest BCUT2D eigenvalue weighted by atomic mass is 9.89. The SMILES string of the molecule is CCS(=O)(=O)N[C@H]1CCCN(C(=O)c2ccccc2)[C@H]1CO[C@H]1CC[C@@H](C)CC1. The molecule has 3 rings (SSSR count). The standard InChI is InChI=1S/C22H34N2O4S/c1-3-29(26,27)23-20-10-7-15-24(22(25)18-8-5-4-6-9-18)21(20)16-28-19-13-11-17(2)12-14-19/h4-6,8-9,17,19-21,23H,3,7,10-16H2,1-2H3/t17-,19+,20-,21-/m0/s1. The van der Waals surface area contributed by atoms with Crippen molar-refractivity contribution < 1.29 is 17.9 Å². The van der Waals surface area contributed by atoms with Gasteiger partial charge in [0.2, 0.25) is 10.0 Å². The van der Waals surface area contributed by atoms with Crippen LogP contribution < -0.4 is 4.72 Å². The van der Waals surface area contributed by atoms with E-state index >= 15 is 0 Å². The number of benzene rings is 1. The van der Waals surface area contributed by atoms with Crippen molar-refractivity contribution in [2.45, 2.75) is 70.6 Å². The smallest absolute Gasteiger partial charge is 0.254 e. The van der Waals surface area contributed by atoms with Crippen LogP contribution in [0.1, 0.15) is 62.7 Å². The molecule has 1 aromatic carbocycles. The van der Waals surface area contributed by atoms with E-state index in [9.17, 15) is 13.2 Å². The van der Waals surface area contributed by atoms with Crippen LogP contribution in [-0.4, -0.2) is 56.3 Å². The molecule has 29 heavy (non-hydrogen) atoms. The molecule has 1 amide bonds. The van der Waals surface area contributed by atoms with Crippen molar-refractivity contribution in [1.29, 1.82) is 0 Å². The molecule has 1 aromatic rings. The molecule has 0 bridgehead atoms. The highest BCUT2D eigenvalue weighted by Crippen LogP contribution is 2.27. The van der Waals surface area contributed by atoms with Gasteiger partial charge in [0, 0.05) is 18.2 Å². The van der Waals surface area contributed by atoms with Crippen molar-refractivity contribution >= 4 is 15.9 Å². The number of nitrogens with zero attached hydrogens (tertiary/aromatic N) is 1. The van der Waals surface area contributed by atoms with Gasteiger partial charge in [-0.2, -0.15) is 0 Å². The van der Waals surface area contributed by atoms with Gasteiger partial charge in [-0.15, -0.1) is 0 Å². The first kappa shape index (κ1) is 22.2. The summed E-state index contributed by atoms with van der Waals surface area (Å²) in [5.41, 5.74) is 0.628. The average Bonchev–Trinajstić information content (AvgIpc) is 2.74. The number of carbonyl (C=O) groups is 1. The van der Waals surface area contributed by atoms with Crippen molar-refractivity contribution in [3.05, 3.63) is 35.9 Å². The molecule has 2 fully saturated rings. The fourth-order valence-corrected chi connectivity index (χ4v) is 5.25. The molecule has 0 spiro atoms. The van der Waals surface area contributed by atoms with E-state index in [1.54, 1.807) is 6.92 Å². The Bertz CT molecular complexity index is 760. The normalized spacial score (nSPS) is 28.3. The van der Waals surface area contributed by atoms with Gasteiger partial charge in [-0.1, -0.05) is 25.1 Å². The van der Waals surface area contributed by atoms with E-state index < -0.39 is 10.0 Å². The maximum atomic E-state index is 13.2. The van der Waals surface area contributed by atoms with Crippen LogP contribution in [0.15, 0.2) is 30.3 Å². The van der Waals surface area contributed by atoms with Crippen LogP contribution in [0.25, 0.3) is 0 Å². The summed E-state index contributed by atoms with van der Waals surface area (Å²) in [4.78, 5) is 15.0. The highest BCUT2D eigenvalue weighted by Gasteiger charge is 2.37. The number of amides is 1. The summed E-state index contributed by atoms with van der Waals surface area (Å²) in [6, 6.07) is 8.59. The van der Waals surface area contributed by atoms with Gasteiger partial charge >= 0.3 is 0 Å². The number of ether oxygens (including phenoxy) is 1. The van der Waals surface area contributed by atoms with E-state index in [0.717, 1.165) is 38.0 Å². The van der Waals surface area contributed by atoms with E-state index in [1.165, 1.54) is 0 Å². The topological polar surface area (TPSA) is 75.7 Å². The highest BCUT2D eigenvalue weighted by molar-refractivity contribution is 7.89. The van der Waals surface area contributed by atoms with Gasteiger partial charge in [0.1, 0.15) is 0 Å². The lowest BCUT2D eigenvalue weighted by molar-refractivity contribution is -0.0249. The van der Waals surface area contributed by atoms with Gasteiger partial charge in [-0.3, -0.25) is 4.79 Å². The minimum Gasteiger partial charge on any atom is -0.376 e. The summed E-state index contributed by atoms with van der Waals surface area (Å²) in [5, 5.41) is 0. The van der Waals surface area contributed by atoms with E-state index in [4.69, 9.17) is 4.74 Å². The predicted molar refractivity (Wildman–Crippen MR) is 114 cm³/mol. The van der Waals surface area contributed by atoms with E-state index in [-0.39, 0.29) is 29.8 Å². The van der Waals surface area contributed by atoms with Crippen molar-refractivity contribution in [1.82, 2.24) is 9.62 Å². The second-order valence-corrected chi connectivity index (χ2v) is 10.5. The summed E-state index contributed by atoms with van der Waals surface area (Å²) >= 11 is 0. The first-order valence-electron chi connectivity index (χ1n) is 10.9. The maximum absolute atomic E-state index is 13.2. The van der Waals surface area contributed by atoms with Gasteiger partial charge in [-0.05, 0) is 63.5 Å². The zero-order valence-corrected chi connectivity index (χ0v) is 18.4. The lowest BCUT2D eigenvalue weighted by Gasteiger charge is -2.42. The van der Waals surface area contributed by atoms with Crippen LogP contribution in [-0.2, 0) is 14.8 Å². The van der Waals surface area contributed by atoms with Gasteiger partial charge < -0.3 is 9.64 Å². The fourth-order valence-electron chi connectivity index (χ4n) is 4.34. The number of nitrogens with one attached hydrogen (secondary N) is 1. The Morgan fingerprint density at radius 1 is 1.14 bits per heavy atom. The van der Waals surface area contributed by atoms with Crippen LogP contribution in [0, 0.1) is 5.92 Å². The van der Waals surface area contributed by atoms with E-state index in [0.29, 0.717) is 25.1 Å². The Morgan fingerprint density at radius 2 is 1.83 bits per heavy atom. The number of likely N-dealkylation sites (tertiary alicyclic amines) is 1. The molecule has 1 saturated heterocycles. The monoisotopic (exact) mass is 422 g/mol. The second-order valence-electron chi connectivity index (χ2n) is 8.42. The van der Waals surface area contributed by atoms with Crippen LogP contribution in [0.2, 0.25) is 0 Å². The van der Waals surface area contributed by atoms with E-state index in [1.807, 2.05) is 35.2 Å². The Kier molecular flexibility index (Phi) is 7.71. The van der Waals surface area contributed by atoms with Crippen LogP contribution in [0.3, 0.4) is 0 Å². The Morgan fingerprint density at radius 3 is 2.48 bits per heavy atom. The fraction of sp³-hybridized carbons (Fsp3) is 0.682. The molecular formula is C22H34N2O4S. The molecule has 1 aliphatic carbocycles. The third-order valence-electron chi connectivity index (χ3n) is 6.24. The minimum absolute atomic E-state index is 0.0320. The molecule has 0 aromatic heterocycles. The summed E-state index contributed by atoms with van der Waals surface area (Å²) in [6.45, 7) is 4.89. The Labute approximate surface area is 175 Å². The third-order valence-corrected chi connectivity index (χ3v) is 7.66. The first-order valence-corrected chi connectivity index (χ1v) is 12.5. The quantitative estimate of drug-likeness (QED) is 0.732. The number of hydrogen-bond donors (Lipinski definition) is 1. The molecule has 1 aliphatic heterocycles. The number of hydrogen-bond acceptors (Lipinski definition) is 4. The van der Waals surface area contributed by atoms with Crippen LogP contribution in [0.4, 0.5) is 0 Å². The van der Waals surface area contributed by atoms with E-state index in [2.05, 4.69) is 11.6 Å². The molecule has 2 atom stereocenters. The zero-order valence-electron chi connectivity index (χ0n) is 17.5. The molecule has 6 nitrogen and oxygen atoms in total. The molecule has 2 aliphatic rings. The van der Waals surface area contributed by atoms with Crippen molar-refractivity contribution in [2.75, 3.05) is 18.9 Å². The lowest BCUT2D eigenvalue weighted by Crippen LogP contribution is -2.59. The number of carbonyl (C=O) groups excluding carboxylic acids is 1. The summed E-state index contributed by atoms with van der Waals surface area (Å²) < 4.78 is 33.6. The van der Waals surface area contributed by atoms with Crippen molar-refractivity contribution in [3.8, 4) is 0 Å². The second kappa shape index (κ2) is 10.0. The number of piperidine rings is 1. The number of rotatable bonds is 7. The Balaban J connectivity index is 1.76. The predicted octanol–water partition coefficient (Wildman–Crippen LogP) is 3.19. The van der Waals surface area contributed by atoms with Gasteiger partial charge in [0.25, 0.3) is 5.91 Å². The van der Waals surface area contributed by atoms with Crippen molar-refractivity contribution in [3.63, 3.8) is 0 Å². The molecule has 1 N–H and O–H groups in total. The van der Waals surface area contributed by atoms with Gasteiger partial charge in [0.05, 0.1) is 24.5 Å². The van der Waals surface area contributed by atoms with Crippen molar-refractivity contribution in [2.24, 2.45) is 5.92 Å².